The number of phosphoric ester groups is 1. The van der Waals surface area contributed by atoms with Gasteiger partial charge in [0.1, 0.15) is 6.61 Å². The van der Waals surface area contributed by atoms with Crippen molar-refractivity contribution in [3.8, 4) is 0 Å². The Balaban J connectivity index is 2.37. The molecule has 0 spiro atoms. The molecule has 0 radical (unpaired) electrons. The number of nitrogens with one attached hydrogen (secondary N) is 2. The second-order valence-electron chi connectivity index (χ2n) is 18.2. The number of phosphoric acid groups is 1. The van der Waals surface area contributed by atoms with Gasteiger partial charge in [-0.1, -0.05) is 217 Å². The normalized spacial score (nSPS) is 13.1. The van der Waals surface area contributed by atoms with Gasteiger partial charge in [0.15, 0.2) is 6.10 Å². The number of ether oxygens (including phenoxy) is 2. The fraction of sp³-hybridized carbons (Fsp3) is 0.792. The second kappa shape index (κ2) is 44.6. The topological polar surface area (TPSA) is 167 Å². The first kappa shape index (κ1) is 63.7. The predicted molar refractivity (Wildman–Crippen MR) is 283 cm³/mol. The highest BCUT2D eigenvalue weighted by Crippen LogP contribution is 2.43. The molecule has 2 amide bonds. The van der Waals surface area contributed by atoms with Gasteiger partial charge in [0.2, 0.25) is 11.8 Å². The number of hydrogen-bond acceptors (Lipinski definition) is 11. The molecule has 0 aliphatic carbocycles. The van der Waals surface area contributed by atoms with Crippen LogP contribution in [0.4, 0.5) is 0 Å². The Morgan fingerprint density at radius 1 is 0.588 bits per heavy atom. The quantitative estimate of drug-likeness (QED) is 0.0245. The Labute approximate surface area is 422 Å². The third-order valence-corrected chi connectivity index (χ3v) is 14.4. The summed E-state index contributed by atoms with van der Waals surface area (Å²) in [5.41, 5.74) is 0.916. The summed E-state index contributed by atoms with van der Waals surface area (Å²) in [4.78, 5) is 60.7. The molecule has 0 aliphatic rings. The van der Waals surface area contributed by atoms with Crippen LogP contribution in [0.2, 0.25) is 0 Å². The number of thioether (sulfide) groups is 1. The SMILES string of the molecule is CCCCCCCCCCCCCCCC(=O)OCC(COP(=O)(O)OCCNC(=O)CCCCCNC(=O)C(C)SC(=S)c1ccccc1)OC(=O)CCCCCCCCCCCCCCC. The standard InChI is InChI=1S/C53H93N2O10PS2/c1-4-6-8-10-12-14-16-18-20-22-24-26-33-39-50(57)62-44-48(65-51(58)40-34-27-25-23-21-19-17-15-13-11-9-7-5-2)45-64-66(60,61)63-43-42-54-49(56)38-32-29-35-41-55-52(59)46(3)68-53(67)47-36-30-28-31-37-47/h28,30-31,36-37,46,48H,4-27,29,32-35,38-45H2,1-3H3,(H,54,56)(H,55,59)(H,60,61). The maximum atomic E-state index is 12.8. The number of carbonyl (C=O) groups is 4. The molecule has 0 fully saturated rings. The molecule has 3 atom stereocenters. The summed E-state index contributed by atoms with van der Waals surface area (Å²) in [6.07, 6.45) is 32.7. The maximum absolute atomic E-state index is 12.8. The van der Waals surface area contributed by atoms with Gasteiger partial charge in [0.25, 0.3) is 0 Å². The highest BCUT2D eigenvalue weighted by molar-refractivity contribution is 8.24. The molecule has 68 heavy (non-hydrogen) atoms. The zero-order valence-electron chi connectivity index (χ0n) is 42.6. The minimum atomic E-state index is -4.59. The molecule has 1 rings (SSSR count). The summed E-state index contributed by atoms with van der Waals surface area (Å²) in [5, 5.41) is 5.26. The molecule has 0 aliphatic heterocycles. The first-order valence-electron chi connectivity index (χ1n) is 26.7. The van der Waals surface area contributed by atoms with E-state index < -0.39 is 32.5 Å². The summed E-state index contributed by atoms with van der Waals surface area (Å²) in [7, 11) is -4.59. The zero-order valence-corrected chi connectivity index (χ0v) is 45.1. The van der Waals surface area contributed by atoms with Crippen LogP contribution in [0.3, 0.4) is 0 Å². The van der Waals surface area contributed by atoms with Crippen LogP contribution in [-0.2, 0) is 42.3 Å². The van der Waals surface area contributed by atoms with E-state index in [0.29, 0.717) is 36.4 Å². The van der Waals surface area contributed by atoms with Gasteiger partial charge < -0.3 is 25.0 Å². The summed E-state index contributed by atoms with van der Waals surface area (Å²) in [6.45, 7) is 5.69. The molecule has 1 aromatic rings. The smallest absolute Gasteiger partial charge is 0.462 e. The molecule has 1 aromatic carbocycles. The largest absolute Gasteiger partial charge is 0.472 e. The Kier molecular flexibility index (Phi) is 41.7. The van der Waals surface area contributed by atoms with E-state index in [-0.39, 0.29) is 56.1 Å². The molecule has 0 saturated heterocycles. The van der Waals surface area contributed by atoms with Gasteiger partial charge in [-0.3, -0.25) is 28.2 Å². The highest BCUT2D eigenvalue weighted by atomic mass is 32.2. The van der Waals surface area contributed by atoms with E-state index in [4.69, 9.17) is 30.7 Å². The van der Waals surface area contributed by atoms with Gasteiger partial charge in [0.05, 0.1) is 22.7 Å². The Morgan fingerprint density at radius 2 is 1.04 bits per heavy atom. The minimum absolute atomic E-state index is 0.0163. The van der Waals surface area contributed by atoms with Gasteiger partial charge in [0, 0.05) is 32.4 Å². The van der Waals surface area contributed by atoms with Crippen LogP contribution in [0.5, 0.6) is 0 Å². The zero-order chi connectivity index (χ0) is 49.8. The van der Waals surface area contributed by atoms with Gasteiger partial charge >= 0.3 is 19.8 Å². The lowest BCUT2D eigenvalue weighted by atomic mass is 10.0. The Morgan fingerprint density at radius 3 is 1.56 bits per heavy atom. The lowest BCUT2D eigenvalue weighted by Crippen LogP contribution is -2.32. The summed E-state index contributed by atoms with van der Waals surface area (Å²) in [6, 6.07) is 9.58. The molecule has 3 N–H and O–H groups in total. The van der Waals surface area contributed by atoms with Crippen LogP contribution in [0.25, 0.3) is 0 Å². The first-order chi connectivity index (χ1) is 33.0. The van der Waals surface area contributed by atoms with Crippen molar-refractivity contribution in [2.45, 2.75) is 238 Å². The number of benzene rings is 1. The number of rotatable bonds is 47. The summed E-state index contributed by atoms with van der Waals surface area (Å²) < 4.78 is 34.7. The number of thiocarbonyl (C=S) groups is 1. The van der Waals surface area contributed by atoms with Crippen LogP contribution in [-0.4, -0.2) is 77.1 Å². The van der Waals surface area contributed by atoms with E-state index >= 15 is 0 Å². The Hall–Kier alpha value is -2.35. The molecule has 12 nitrogen and oxygen atoms in total. The fourth-order valence-electron chi connectivity index (χ4n) is 7.65. The van der Waals surface area contributed by atoms with Crippen molar-refractivity contribution in [1.29, 1.82) is 0 Å². The molecule has 0 aromatic heterocycles. The van der Waals surface area contributed by atoms with Crippen LogP contribution in [0.15, 0.2) is 30.3 Å². The van der Waals surface area contributed by atoms with E-state index in [1.165, 1.54) is 127 Å². The van der Waals surface area contributed by atoms with Crippen molar-refractivity contribution >= 4 is 59.8 Å². The minimum Gasteiger partial charge on any atom is -0.462 e. The van der Waals surface area contributed by atoms with Crippen molar-refractivity contribution in [2.24, 2.45) is 0 Å². The predicted octanol–water partition coefficient (Wildman–Crippen LogP) is 13.8. The van der Waals surface area contributed by atoms with Crippen molar-refractivity contribution in [1.82, 2.24) is 10.6 Å². The average molecular weight is 1010 g/mol. The average Bonchev–Trinajstić information content (AvgIpc) is 3.32. The fourth-order valence-corrected chi connectivity index (χ4v) is 9.75. The summed E-state index contributed by atoms with van der Waals surface area (Å²) in [5.74, 6) is -1.22. The molecule has 0 bridgehead atoms. The molecular weight excluding hydrogens is 920 g/mol. The van der Waals surface area contributed by atoms with E-state index in [9.17, 15) is 28.6 Å². The third kappa shape index (κ3) is 39.4. The van der Waals surface area contributed by atoms with Crippen molar-refractivity contribution in [2.75, 3.05) is 32.9 Å². The molecule has 15 heteroatoms. The lowest BCUT2D eigenvalue weighted by Gasteiger charge is -2.20. The van der Waals surface area contributed by atoms with Crippen molar-refractivity contribution in [3.05, 3.63) is 35.9 Å². The third-order valence-electron chi connectivity index (χ3n) is 11.8. The van der Waals surface area contributed by atoms with E-state index in [2.05, 4.69) is 24.5 Å². The van der Waals surface area contributed by atoms with Crippen molar-refractivity contribution < 1.29 is 47.2 Å². The molecule has 3 unspecified atom stereocenters. The van der Waals surface area contributed by atoms with Crippen LogP contribution < -0.4 is 10.6 Å². The second-order valence-corrected chi connectivity index (χ2v) is 21.7. The molecule has 392 valence electrons. The number of hydrogen-bond donors (Lipinski definition) is 3. The van der Waals surface area contributed by atoms with E-state index in [1.54, 1.807) is 0 Å². The molecule has 0 heterocycles. The Bertz CT molecular complexity index is 1490. The molecule has 0 saturated carbocycles. The number of unbranched alkanes of at least 4 members (excludes halogenated alkanes) is 26. The van der Waals surface area contributed by atoms with Gasteiger partial charge in [-0.15, -0.1) is 11.8 Å². The lowest BCUT2D eigenvalue weighted by molar-refractivity contribution is -0.161. The van der Waals surface area contributed by atoms with Crippen LogP contribution in [0.1, 0.15) is 232 Å². The summed E-state index contributed by atoms with van der Waals surface area (Å²) >= 11 is 6.81. The van der Waals surface area contributed by atoms with Gasteiger partial charge in [-0.05, 0) is 38.2 Å². The number of carbonyl (C=O) groups excluding carboxylic acids is 4. The number of amides is 2. The van der Waals surface area contributed by atoms with Gasteiger partial charge in [-0.25, -0.2) is 4.57 Å². The van der Waals surface area contributed by atoms with Crippen LogP contribution >= 0.6 is 31.8 Å². The highest BCUT2D eigenvalue weighted by Gasteiger charge is 2.26. The van der Waals surface area contributed by atoms with Crippen LogP contribution in [0, 0.1) is 0 Å². The monoisotopic (exact) mass is 1010 g/mol. The first-order valence-corrected chi connectivity index (χ1v) is 29.5. The van der Waals surface area contributed by atoms with Gasteiger partial charge in [-0.2, -0.15) is 0 Å². The number of esters is 2. The molecular formula is C53H93N2O10PS2. The van der Waals surface area contributed by atoms with Crippen molar-refractivity contribution in [3.63, 3.8) is 0 Å². The van der Waals surface area contributed by atoms with E-state index in [1.807, 2.05) is 37.3 Å². The maximum Gasteiger partial charge on any atom is 0.472 e. The van der Waals surface area contributed by atoms with E-state index in [0.717, 1.165) is 50.5 Å².